The zero-order valence-corrected chi connectivity index (χ0v) is 10.1. The first-order valence-corrected chi connectivity index (χ1v) is 5.23. The molecule has 0 atom stereocenters. The van der Waals surface area contributed by atoms with Crippen molar-refractivity contribution in [1.29, 1.82) is 0 Å². The van der Waals surface area contributed by atoms with E-state index in [1.54, 1.807) is 7.11 Å². The number of hydrogen-bond donors (Lipinski definition) is 1. The molecule has 0 aliphatic rings. The van der Waals surface area contributed by atoms with Gasteiger partial charge in [-0.05, 0) is 24.6 Å². The van der Waals surface area contributed by atoms with Crippen LogP contribution in [0.2, 0.25) is 5.02 Å². The van der Waals surface area contributed by atoms with Crippen LogP contribution in [0, 0.1) is 6.92 Å². The molecule has 0 bridgehead atoms. The molecule has 0 fully saturated rings. The van der Waals surface area contributed by atoms with E-state index < -0.39 is 0 Å². The number of nitrogens with zero attached hydrogens (tertiary/aromatic N) is 1. The molecule has 15 heavy (non-hydrogen) atoms. The van der Waals surface area contributed by atoms with Crippen molar-refractivity contribution in [1.82, 2.24) is 0 Å². The molecule has 0 saturated carbocycles. The number of ether oxygens (including phenoxy) is 1. The van der Waals surface area contributed by atoms with Crippen LogP contribution in [-0.4, -0.2) is 27.2 Å². The summed E-state index contributed by atoms with van der Waals surface area (Å²) in [5, 5.41) is 0.745. The minimum atomic E-state index is 0.602. The van der Waals surface area contributed by atoms with Crippen molar-refractivity contribution < 1.29 is 4.74 Å². The van der Waals surface area contributed by atoms with Gasteiger partial charge in [0.05, 0.1) is 12.8 Å². The van der Waals surface area contributed by atoms with Crippen LogP contribution in [0.1, 0.15) is 5.56 Å². The number of likely N-dealkylation sites (N-methyl/N-ethyl adjacent to an activating group) is 1. The molecule has 2 N–H and O–H groups in total. The fourth-order valence-electron chi connectivity index (χ4n) is 1.42. The second-order valence-corrected chi connectivity index (χ2v) is 3.89. The molecular weight excluding hydrogens is 212 g/mol. The van der Waals surface area contributed by atoms with E-state index in [-0.39, 0.29) is 0 Å². The highest BCUT2D eigenvalue weighted by atomic mass is 35.5. The number of aryl methyl sites for hydroxylation is 1. The van der Waals surface area contributed by atoms with Crippen LogP contribution in [0.3, 0.4) is 0 Å². The summed E-state index contributed by atoms with van der Waals surface area (Å²) in [6.07, 6.45) is 0. The van der Waals surface area contributed by atoms with Crippen molar-refractivity contribution in [3.63, 3.8) is 0 Å². The van der Waals surface area contributed by atoms with Gasteiger partial charge in [0.25, 0.3) is 0 Å². The molecule has 0 spiro atoms. The molecule has 0 heterocycles. The molecule has 0 aromatic heterocycles. The molecule has 84 valence electrons. The Hall–Kier alpha value is -0.930. The Balaban J connectivity index is 3.09. The molecule has 0 unspecified atom stereocenters. The summed E-state index contributed by atoms with van der Waals surface area (Å²) in [5.41, 5.74) is 7.49. The second-order valence-electron chi connectivity index (χ2n) is 3.48. The molecule has 0 radical (unpaired) electrons. The fraction of sp³-hybridized carbons (Fsp3) is 0.455. The molecule has 4 heteroatoms. The van der Waals surface area contributed by atoms with Gasteiger partial charge in [-0.3, -0.25) is 0 Å². The predicted molar refractivity (Wildman–Crippen MR) is 65.1 cm³/mol. The Morgan fingerprint density at radius 2 is 2.13 bits per heavy atom. The summed E-state index contributed by atoms with van der Waals surface area (Å²) >= 11 is 6.07. The highest BCUT2D eigenvalue weighted by molar-refractivity contribution is 6.31. The first-order chi connectivity index (χ1) is 7.10. The number of benzene rings is 1. The molecule has 0 aliphatic heterocycles. The smallest absolute Gasteiger partial charge is 0.142 e. The summed E-state index contributed by atoms with van der Waals surface area (Å²) in [6, 6.07) is 3.84. The normalized spacial score (nSPS) is 10.2. The summed E-state index contributed by atoms with van der Waals surface area (Å²) in [4.78, 5) is 2.03. The van der Waals surface area contributed by atoms with E-state index in [2.05, 4.69) is 0 Å². The lowest BCUT2D eigenvalue weighted by Gasteiger charge is -2.21. The Bertz CT molecular complexity index is 342. The average molecular weight is 229 g/mol. The van der Waals surface area contributed by atoms with Crippen molar-refractivity contribution in [2.75, 3.05) is 32.1 Å². The van der Waals surface area contributed by atoms with Crippen molar-refractivity contribution in [2.45, 2.75) is 6.92 Å². The number of methoxy groups -OCH3 is 1. The number of rotatable bonds is 4. The molecular formula is C11H17ClN2O. The van der Waals surface area contributed by atoms with Crippen LogP contribution >= 0.6 is 11.6 Å². The van der Waals surface area contributed by atoms with Crippen molar-refractivity contribution in [3.05, 3.63) is 22.7 Å². The highest BCUT2D eigenvalue weighted by Gasteiger charge is 2.10. The van der Waals surface area contributed by atoms with Gasteiger partial charge in [-0.15, -0.1) is 0 Å². The van der Waals surface area contributed by atoms with Gasteiger partial charge in [-0.1, -0.05) is 11.6 Å². The van der Waals surface area contributed by atoms with Crippen molar-refractivity contribution >= 4 is 17.3 Å². The standard InChI is InChI=1S/C11H17ClN2O/c1-8-6-11(15-3)10(7-9(8)12)14(2)5-4-13/h6-7H,4-5,13H2,1-3H3. The molecule has 0 aliphatic carbocycles. The van der Waals surface area contributed by atoms with Gasteiger partial charge >= 0.3 is 0 Å². The molecule has 1 rings (SSSR count). The van der Waals surface area contributed by atoms with Gasteiger partial charge in [-0.2, -0.15) is 0 Å². The third-order valence-corrected chi connectivity index (χ3v) is 2.74. The van der Waals surface area contributed by atoms with Crippen LogP contribution in [0.25, 0.3) is 0 Å². The van der Waals surface area contributed by atoms with E-state index in [0.29, 0.717) is 6.54 Å². The van der Waals surface area contributed by atoms with Gasteiger partial charge < -0.3 is 15.4 Å². The Morgan fingerprint density at radius 1 is 1.47 bits per heavy atom. The molecule has 1 aromatic carbocycles. The fourth-order valence-corrected chi connectivity index (χ4v) is 1.58. The minimum absolute atomic E-state index is 0.602. The van der Waals surface area contributed by atoms with Crippen molar-refractivity contribution in [2.24, 2.45) is 5.73 Å². The van der Waals surface area contributed by atoms with Gasteiger partial charge in [0.2, 0.25) is 0 Å². The molecule has 1 aromatic rings. The number of halogens is 1. The SMILES string of the molecule is COc1cc(C)c(Cl)cc1N(C)CCN. The summed E-state index contributed by atoms with van der Waals surface area (Å²) in [5.74, 6) is 0.827. The van der Waals surface area contributed by atoms with E-state index >= 15 is 0 Å². The van der Waals surface area contributed by atoms with Crippen LogP contribution in [0.5, 0.6) is 5.75 Å². The molecule has 0 amide bonds. The number of anilines is 1. The Labute approximate surface area is 95.8 Å². The van der Waals surface area contributed by atoms with E-state index in [1.807, 2.05) is 31.0 Å². The lowest BCUT2D eigenvalue weighted by molar-refractivity contribution is 0.414. The van der Waals surface area contributed by atoms with Crippen molar-refractivity contribution in [3.8, 4) is 5.75 Å². The number of hydrogen-bond acceptors (Lipinski definition) is 3. The Kier molecular flexibility index (Phi) is 4.24. The summed E-state index contributed by atoms with van der Waals surface area (Å²) in [7, 11) is 3.62. The number of nitrogens with two attached hydrogens (primary N) is 1. The third-order valence-electron chi connectivity index (χ3n) is 2.34. The monoisotopic (exact) mass is 228 g/mol. The van der Waals surface area contributed by atoms with Gasteiger partial charge in [0, 0.05) is 25.2 Å². The van der Waals surface area contributed by atoms with Gasteiger partial charge in [0.15, 0.2) is 0 Å². The van der Waals surface area contributed by atoms with Crippen LogP contribution in [0.4, 0.5) is 5.69 Å². The van der Waals surface area contributed by atoms with E-state index in [0.717, 1.165) is 28.6 Å². The van der Waals surface area contributed by atoms with E-state index in [1.165, 1.54) is 0 Å². The Morgan fingerprint density at radius 3 is 2.67 bits per heavy atom. The van der Waals surface area contributed by atoms with Crippen LogP contribution in [0.15, 0.2) is 12.1 Å². The lowest BCUT2D eigenvalue weighted by Crippen LogP contribution is -2.25. The molecule has 0 saturated heterocycles. The quantitative estimate of drug-likeness (QED) is 0.858. The molecule has 3 nitrogen and oxygen atoms in total. The first-order valence-electron chi connectivity index (χ1n) is 4.85. The minimum Gasteiger partial charge on any atom is -0.495 e. The lowest BCUT2D eigenvalue weighted by atomic mass is 10.2. The zero-order valence-electron chi connectivity index (χ0n) is 9.38. The average Bonchev–Trinajstić information content (AvgIpc) is 2.21. The second kappa shape index (κ2) is 5.24. The van der Waals surface area contributed by atoms with Crippen LogP contribution in [-0.2, 0) is 0 Å². The maximum Gasteiger partial charge on any atom is 0.142 e. The summed E-state index contributed by atoms with van der Waals surface area (Å²) in [6.45, 7) is 3.33. The first kappa shape index (κ1) is 12.1. The third kappa shape index (κ3) is 2.76. The topological polar surface area (TPSA) is 38.5 Å². The maximum absolute atomic E-state index is 6.07. The van der Waals surface area contributed by atoms with Gasteiger partial charge in [0.1, 0.15) is 5.75 Å². The summed E-state index contributed by atoms with van der Waals surface area (Å²) < 4.78 is 5.31. The zero-order chi connectivity index (χ0) is 11.4. The van der Waals surface area contributed by atoms with Crippen LogP contribution < -0.4 is 15.4 Å². The predicted octanol–water partition coefficient (Wildman–Crippen LogP) is 2.05. The highest BCUT2D eigenvalue weighted by Crippen LogP contribution is 2.32. The largest absolute Gasteiger partial charge is 0.495 e. The van der Waals surface area contributed by atoms with Gasteiger partial charge in [-0.25, -0.2) is 0 Å². The maximum atomic E-state index is 6.07. The van der Waals surface area contributed by atoms with E-state index in [4.69, 9.17) is 22.1 Å². The van der Waals surface area contributed by atoms with E-state index in [9.17, 15) is 0 Å².